The van der Waals surface area contributed by atoms with Gasteiger partial charge in [0, 0.05) is 6.42 Å². The molecule has 0 radical (unpaired) electrons. The highest BCUT2D eigenvalue weighted by atomic mass is 32.2. The number of nitrogens with one attached hydrogen (secondary N) is 2. The Morgan fingerprint density at radius 1 is 1.53 bits per heavy atom. The normalized spacial score (nSPS) is 19.6. The van der Waals surface area contributed by atoms with Gasteiger partial charge in [0.05, 0.1) is 5.37 Å². The molecule has 0 saturated carbocycles. The third kappa shape index (κ3) is 4.55. The fourth-order valence-corrected chi connectivity index (χ4v) is 2.23. The van der Waals surface area contributed by atoms with Gasteiger partial charge < -0.3 is 5.32 Å². The van der Waals surface area contributed by atoms with Gasteiger partial charge in [0.25, 0.3) is 0 Å². The minimum Gasteiger partial charge on any atom is -0.304 e. The number of hydrazone groups is 1. The molecule has 1 aliphatic rings. The number of unbranched alkanes of at least 4 members (excludes halogenated alkanes) is 1. The SMILES string of the molecule is CCCCC1NN=C(NC(=O)CCC)S1. The van der Waals surface area contributed by atoms with Crippen LogP contribution in [0.1, 0.15) is 46.0 Å². The van der Waals surface area contributed by atoms with Crippen molar-refractivity contribution in [2.75, 3.05) is 0 Å². The second-order valence-electron chi connectivity index (χ2n) is 3.59. The van der Waals surface area contributed by atoms with E-state index in [0.29, 0.717) is 11.8 Å². The van der Waals surface area contributed by atoms with Crippen molar-refractivity contribution < 1.29 is 4.79 Å². The zero-order valence-electron chi connectivity index (χ0n) is 9.38. The molecule has 1 amide bonds. The quantitative estimate of drug-likeness (QED) is 0.758. The Balaban J connectivity index is 2.20. The van der Waals surface area contributed by atoms with Crippen LogP contribution in [0.15, 0.2) is 5.10 Å². The number of nitrogens with zero attached hydrogens (tertiary/aromatic N) is 1. The predicted octanol–water partition coefficient (Wildman–Crippen LogP) is 2.03. The van der Waals surface area contributed by atoms with Crippen LogP contribution in [0.2, 0.25) is 0 Å². The summed E-state index contributed by atoms with van der Waals surface area (Å²) in [6.07, 6.45) is 4.92. The average molecular weight is 229 g/mol. The highest BCUT2D eigenvalue weighted by Gasteiger charge is 2.19. The van der Waals surface area contributed by atoms with Crippen molar-refractivity contribution in [2.45, 2.75) is 51.3 Å². The summed E-state index contributed by atoms with van der Waals surface area (Å²) in [6, 6.07) is 0. The maximum atomic E-state index is 11.3. The molecule has 0 saturated heterocycles. The number of carbonyl (C=O) groups is 1. The summed E-state index contributed by atoms with van der Waals surface area (Å²) in [5.74, 6) is 0.0571. The van der Waals surface area contributed by atoms with Crippen LogP contribution in [0.5, 0.6) is 0 Å². The van der Waals surface area contributed by atoms with E-state index in [2.05, 4.69) is 22.8 Å². The lowest BCUT2D eigenvalue weighted by Crippen LogP contribution is -2.27. The number of hydrogen-bond donors (Lipinski definition) is 2. The van der Waals surface area contributed by atoms with Crippen LogP contribution >= 0.6 is 11.8 Å². The second kappa shape index (κ2) is 6.71. The minimum atomic E-state index is 0.0571. The van der Waals surface area contributed by atoms with Crippen molar-refractivity contribution in [2.24, 2.45) is 5.10 Å². The Hall–Kier alpha value is -0.710. The van der Waals surface area contributed by atoms with Crippen LogP contribution in [0, 0.1) is 0 Å². The lowest BCUT2D eigenvalue weighted by Gasteiger charge is -2.07. The average Bonchev–Trinajstić information content (AvgIpc) is 2.63. The zero-order valence-corrected chi connectivity index (χ0v) is 10.2. The molecule has 5 heteroatoms. The van der Waals surface area contributed by atoms with Crippen molar-refractivity contribution in [3.63, 3.8) is 0 Å². The zero-order chi connectivity index (χ0) is 11.1. The first-order chi connectivity index (χ1) is 7.26. The first-order valence-electron chi connectivity index (χ1n) is 5.56. The molecule has 1 atom stereocenters. The third-order valence-corrected chi connectivity index (χ3v) is 3.15. The molecule has 1 aliphatic heterocycles. The molecule has 2 N–H and O–H groups in total. The molecule has 1 rings (SSSR count). The number of thioether (sulfide) groups is 1. The number of hydrogen-bond acceptors (Lipinski definition) is 4. The van der Waals surface area contributed by atoms with E-state index in [1.165, 1.54) is 12.8 Å². The first-order valence-corrected chi connectivity index (χ1v) is 6.44. The van der Waals surface area contributed by atoms with Crippen molar-refractivity contribution >= 4 is 22.8 Å². The number of amidine groups is 1. The molecular formula is C10H19N3OS. The summed E-state index contributed by atoms with van der Waals surface area (Å²) in [7, 11) is 0. The summed E-state index contributed by atoms with van der Waals surface area (Å²) in [5.41, 5.74) is 3.03. The van der Waals surface area contributed by atoms with Crippen LogP contribution in [0.25, 0.3) is 0 Å². The van der Waals surface area contributed by atoms with Crippen LogP contribution in [0.3, 0.4) is 0 Å². The van der Waals surface area contributed by atoms with Gasteiger partial charge >= 0.3 is 0 Å². The molecule has 0 aliphatic carbocycles. The molecule has 0 bridgehead atoms. The van der Waals surface area contributed by atoms with Gasteiger partial charge in [0.2, 0.25) is 5.91 Å². The van der Waals surface area contributed by atoms with E-state index in [0.717, 1.165) is 18.0 Å². The van der Waals surface area contributed by atoms with E-state index in [1.54, 1.807) is 11.8 Å². The third-order valence-electron chi connectivity index (χ3n) is 2.11. The maximum absolute atomic E-state index is 11.3. The van der Waals surface area contributed by atoms with E-state index in [4.69, 9.17) is 0 Å². The summed E-state index contributed by atoms with van der Waals surface area (Å²) in [5, 5.41) is 7.94. The van der Waals surface area contributed by atoms with E-state index in [1.807, 2.05) is 6.92 Å². The molecule has 15 heavy (non-hydrogen) atoms. The van der Waals surface area contributed by atoms with Crippen molar-refractivity contribution in [3.05, 3.63) is 0 Å². The summed E-state index contributed by atoms with van der Waals surface area (Å²) in [6.45, 7) is 4.16. The Morgan fingerprint density at radius 3 is 3.00 bits per heavy atom. The Kier molecular flexibility index (Phi) is 5.53. The topological polar surface area (TPSA) is 53.5 Å². The highest BCUT2D eigenvalue weighted by Crippen LogP contribution is 2.20. The monoisotopic (exact) mass is 229 g/mol. The second-order valence-corrected chi connectivity index (χ2v) is 4.78. The molecule has 86 valence electrons. The van der Waals surface area contributed by atoms with Crippen LogP contribution < -0.4 is 10.7 Å². The molecule has 4 nitrogen and oxygen atoms in total. The lowest BCUT2D eigenvalue weighted by atomic mass is 10.2. The fraction of sp³-hybridized carbons (Fsp3) is 0.800. The molecule has 0 aromatic heterocycles. The van der Waals surface area contributed by atoms with Crippen LogP contribution in [0.4, 0.5) is 0 Å². The minimum absolute atomic E-state index is 0.0571. The number of amides is 1. The van der Waals surface area contributed by atoms with E-state index in [-0.39, 0.29) is 5.91 Å². The summed E-state index contributed by atoms with van der Waals surface area (Å²) in [4.78, 5) is 11.3. The molecule has 0 aromatic rings. The van der Waals surface area contributed by atoms with Gasteiger partial charge in [0.1, 0.15) is 0 Å². The molecule has 0 spiro atoms. The predicted molar refractivity (Wildman–Crippen MR) is 64.5 cm³/mol. The Labute approximate surface area is 95.3 Å². The fourth-order valence-electron chi connectivity index (χ4n) is 1.30. The molecule has 1 unspecified atom stereocenters. The standard InChI is InChI=1S/C10H19N3OS/c1-3-5-7-9-12-13-10(15-9)11-8(14)6-4-2/h9,12H,3-7H2,1-2H3,(H,11,13,14). The van der Waals surface area contributed by atoms with Crippen molar-refractivity contribution in [1.29, 1.82) is 0 Å². The van der Waals surface area contributed by atoms with E-state index < -0.39 is 0 Å². The smallest absolute Gasteiger partial charge is 0.225 e. The number of carbonyl (C=O) groups excluding carboxylic acids is 1. The van der Waals surface area contributed by atoms with Gasteiger partial charge in [-0.1, -0.05) is 38.5 Å². The molecule has 1 heterocycles. The van der Waals surface area contributed by atoms with Crippen LogP contribution in [-0.4, -0.2) is 16.4 Å². The molecule has 0 aromatic carbocycles. The van der Waals surface area contributed by atoms with E-state index >= 15 is 0 Å². The molecule has 0 fully saturated rings. The highest BCUT2D eigenvalue weighted by molar-refractivity contribution is 8.14. The van der Waals surface area contributed by atoms with Gasteiger partial charge in [-0.3, -0.25) is 10.2 Å². The van der Waals surface area contributed by atoms with Crippen molar-refractivity contribution in [3.8, 4) is 0 Å². The van der Waals surface area contributed by atoms with Gasteiger partial charge in [-0.05, 0) is 12.8 Å². The van der Waals surface area contributed by atoms with Crippen molar-refractivity contribution in [1.82, 2.24) is 10.7 Å². The van der Waals surface area contributed by atoms with Gasteiger partial charge in [0.15, 0.2) is 5.17 Å². The number of rotatable bonds is 5. The largest absolute Gasteiger partial charge is 0.304 e. The summed E-state index contributed by atoms with van der Waals surface area (Å²) < 4.78 is 0. The summed E-state index contributed by atoms with van der Waals surface area (Å²) >= 11 is 1.61. The maximum Gasteiger partial charge on any atom is 0.225 e. The molecular weight excluding hydrogens is 210 g/mol. The van der Waals surface area contributed by atoms with Crippen LogP contribution in [-0.2, 0) is 4.79 Å². The van der Waals surface area contributed by atoms with Gasteiger partial charge in [-0.15, -0.1) is 0 Å². The van der Waals surface area contributed by atoms with Gasteiger partial charge in [-0.2, -0.15) is 5.10 Å². The lowest BCUT2D eigenvalue weighted by molar-refractivity contribution is -0.119. The van der Waals surface area contributed by atoms with Gasteiger partial charge in [-0.25, -0.2) is 0 Å². The first kappa shape index (κ1) is 12.4. The Morgan fingerprint density at radius 2 is 2.33 bits per heavy atom. The van der Waals surface area contributed by atoms with E-state index in [9.17, 15) is 4.79 Å². The Bertz CT molecular complexity index is 243.